The Bertz CT molecular complexity index is 709. The van der Waals surface area contributed by atoms with Gasteiger partial charge in [0.2, 0.25) is 0 Å². The van der Waals surface area contributed by atoms with Gasteiger partial charge in [0.25, 0.3) is 0 Å². The van der Waals surface area contributed by atoms with E-state index < -0.39 is 0 Å². The number of hydrogen-bond donors (Lipinski definition) is 0. The minimum atomic E-state index is -0.209. The van der Waals surface area contributed by atoms with Crippen LogP contribution in [-0.4, -0.2) is 42.4 Å². The summed E-state index contributed by atoms with van der Waals surface area (Å²) < 4.78 is 14.7. The Morgan fingerprint density at radius 3 is 1.85 bits per heavy atom. The molecule has 2 aromatic carbocycles. The van der Waals surface area contributed by atoms with Crippen LogP contribution in [0, 0.1) is 0 Å². The van der Waals surface area contributed by atoms with Crippen LogP contribution in [-0.2, 0) is 14.9 Å². The molecule has 2 aliphatic rings. The highest BCUT2D eigenvalue weighted by Crippen LogP contribution is 2.41. The summed E-state index contributed by atoms with van der Waals surface area (Å²) in [5, 5.41) is 0. The average molecular weight is 416 g/mol. The van der Waals surface area contributed by atoms with Gasteiger partial charge in [0, 0.05) is 6.42 Å². The SMILES string of the molecule is CC1C[N+](=C2OCCC2(c2ccccc2)c2ccccc2)CC(C)O1.[Br-]. The Balaban J connectivity index is 0.00000196. The second-order valence-corrected chi connectivity index (χ2v) is 7.20. The summed E-state index contributed by atoms with van der Waals surface area (Å²) in [6.07, 6.45) is 1.39. The van der Waals surface area contributed by atoms with Gasteiger partial charge in [0.15, 0.2) is 13.1 Å². The van der Waals surface area contributed by atoms with Gasteiger partial charge in [-0.25, -0.2) is 0 Å². The van der Waals surface area contributed by atoms with Crippen LogP contribution in [0.2, 0.25) is 0 Å². The summed E-state index contributed by atoms with van der Waals surface area (Å²) in [7, 11) is 0. The van der Waals surface area contributed by atoms with E-state index in [9.17, 15) is 0 Å². The predicted octanol–water partition coefficient (Wildman–Crippen LogP) is 0.615. The summed E-state index contributed by atoms with van der Waals surface area (Å²) in [6.45, 7) is 6.79. The number of morpholine rings is 1. The van der Waals surface area contributed by atoms with Crippen LogP contribution in [0.1, 0.15) is 31.4 Å². The number of ether oxygens (including phenoxy) is 2. The molecule has 0 spiro atoms. The van der Waals surface area contributed by atoms with Crippen molar-refractivity contribution in [2.45, 2.75) is 37.9 Å². The van der Waals surface area contributed by atoms with Gasteiger partial charge in [0.05, 0.1) is 6.61 Å². The van der Waals surface area contributed by atoms with Gasteiger partial charge in [-0.3, -0.25) is 0 Å². The van der Waals surface area contributed by atoms with E-state index in [4.69, 9.17) is 9.47 Å². The Kier molecular flexibility index (Phi) is 5.83. The molecular formula is C22H26BrNO2. The molecule has 0 radical (unpaired) electrons. The fraction of sp³-hybridized carbons (Fsp3) is 0.409. The lowest BCUT2D eigenvalue weighted by atomic mass is 9.73. The van der Waals surface area contributed by atoms with Crippen molar-refractivity contribution in [3.8, 4) is 0 Å². The molecule has 3 nitrogen and oxygen atoms in total. The number of rotatable bonds is 2. The molecule has 4 heteroatoms. The molecular weight excluding hydrogens is 390 g/mol. The molecule has 2 fully saturated rings. The van der Waals surface area contributed by atoms with Crippen molar-refractivity contribution in [2.75, 3.05) is 19.7 Å². The van der Waals surface area contributed by atoms with Gasteiger partial charge in [-0.2, -0.15) is 4.58 Å². The number of nitrogens with zero attached hydrogens (tertiary/aromatic N) is 1. The number of halogens is 1. The highest BCUT2D eigenvalue weighted by Gasteiger charge is 2.52. The number of benzene rings is 2. The van der Waals surface area contributed by atoms with Crippen LogP contribution >= 0.6 is 0 Å². The van der Waals surface area contributed by atoms with Crippen molar-refractivity contribution in [2.24, 2.45) is 0 Å². The Hall–Kier alpha value is -1.65. The molecule has 2 aliphatic heterocycles. The minimum Gasteiger partial charge on any atom is -1.00 e. The molecule has 138 valence electrons. The normalized spacial score (nSPS) is 24.7. The van der Waals surface area contributed by atoms with Crippen LogP contribution in [0.15, 0.2) is 60.7 Å². The van der Waals surface area contributed by atoms with Crippen LogP contribution < -0.4 is 17.0 Å². The van der Waals surface area contributed by atoms with Crippen molar-refractivity contribution in [1.82, 2.24) is 0 Å². The lowest BCUT2D eigenvalue weighted by Crippen LogP contribution is -3.00. The molecule has 0 aromatic heterocycles. The van der Waals surface area contributed by atoms with Crippen molar-refractivity contribution >= 4 is 5.90 Å². The molecule has 0 N–H and O–H groups in total. The Labute approximate surface area is 166 Å². The highest BCUT2D eigenvalue weighted by atomic mass is 79.9. The molecule has 2 heterocycles. The maximum Gasteiger partial charge on any atom is 0.352 e. The summed E-state index contributed by atoms with van der Waals surface area (Å²) in [4.78, 5) is 0. The van der Waals surface area contributed by atoms with E-state index in [1.807, 2.05) is 0 Å². The lowest BCUT2D eigenvalue weighted by Gasteiger charge is -2.30. The molecule has 4 rings (SSSR count). The first-order valence-corrected chi connectivity index (χ1v) is 9.22. The molecule has 2 aromatic rings. The van der Waals surface area contributed by atoms with Gasteiger partial charge >= 0.3 is 5.90 Å². The lowest BCUT2D eigenvalue weighted by molar-refractivity contribution is -0.574. The van der Waals surface area contributed by atoms with E-state index >= 15 is 0 Å². The molecule has 26 heavy (non-hydrogen) atoms. The highest BCUT2D eigenvalue weighted by molar-refractivity contribution is 5.90. The third-order valence-electron chi connectivity index (χ3n) is 5.32. The third kappa shape index (κ3) is 3.33. The second-order valence-electron chi connectivity index (χ2n) is 7.20. The largest absolute Gasteiger partial charge is 1.00 e. The van der Waals surface area contributed by atoms with E-state index in [1.54, 1.807) is 0 Å². The maximum atomic E-state index is 6.30. The number of hydrogen-bond acceptors (Lipinski definition) is 2. The van der Waals surface area contributed by atoms with Crippen LogP contribution in [0.25, 0.3) is 0 Å². The second kappa shape index (κ2) is 7.93. The van der Waals surface area contributed by atoms with Gasteiger partial charge in [0.1, 0.15) is 17.6 Å². The Morgan fingerprint density at radius 1 is 0.846 bits per heavy atom. The molecule has 0 bridgehead atoms. The zero-order chi connectivity index (χ0) is 17.3. The summed E-state index contributed by atoms with van der Waals surface area (Å²) >= 11 is 0. The van der Waals surface area contributed by atoms with Gasteiger partial charge in [-0.1, -0.05) is 60.7 Å². The van der Waals surface area contributed by atoms with E-state index in [0.29, 0.717) is 0 Å². The minimum absolute atomic E-state index is 0. The predicted molar refractivity (Wildman–Crippen MR) is 99.2 cm³/mol. The first-order valence-electron chi connectivity index (χ1n) is 9.22. The fourth-order valence-corrected chi connectivity index (χ4v) is 4.38. The maximum absolute atomic E-state index is 6.30. The molecule has 0 amide bonds. The van der Waals surface area contributed by atoms with Crippen LogP contribution in [0.4, 0.5) is 0 Å². The summed E-state index contributed by atoms with van der Waals surface area (Å²) in [5.41, 5.74) is 2.40. The topological polar surface area (TPSA) is 21.5 Å². The zero-order valence-electron chi connectivity index (χ0n) is 15.4. The van der Waals surface area contributed by atoms with Crippen LogP contribution in [0.5, 0.6) is 0 Å². The quantitative estimate of drug-likeness (QED) is 0.670. The summed E-state index contributed by atoms with van der Waals surface area (Å²) in [5.74, 6) is 1.09. The third-order valence-corrected chi connectivity index (χ3v) is 5.32. The van der Waals surface area contributed by atoms with E-state index in [-0.39, 0.29) is 34.6 Å². The van der Waals surface area contributed by atoms with Gasteiger partial charge < -0.3 is 26.5 Å². The Morgan fingerprint density at radius 2 is 1.35 bits per heavy atom. The molecule has 2 unspecified atom stereocenters. The van der Waals surface area contributed by atoms with E-state index in [1.165, 1.54) is 11.1 Å². The van der Waals surface area contributed by atoms with Crippen molar-refractivity contribution in [1.29, 1.82) is 0 Å². The van der Waals surface area contributed by atoms with E-state index in [0.717, 1.165) is 32.0 Å². The monoisotopic (exact) mass is 415 g/mol. The first-order chi connectivity index (χ1) is 12.2. The van der Waals surface area contributed by atoms with Gasteiger partial charge in [-0.15, -0.1) is 0 Å². The van der Waals surface area contributed by atoms with Crippen molar-refractivity contribution < 1.29 is 31.0 Å². The summed E-state index contributed by atoms with van der Waals surface area (Å²) in [6, 6.07) is 21.6. The zero-order valence-corrected chi connectivity index (χ0v) is 17.0. The standard InChI is InChI=1S/C22H26NO2.BrH/c1-17-15-23(16-18(2)25-17)21-22(13-14-24-21,19-9-5-3-6-10-19)20-11-7-4-8-12-20;/h3-12,17-18H,13-16H2,1-2H3;1H/q+1;/p-1. The molecule has 2 atom stereocenters. The van der Waals surface area contributed by atoms with E-state index in [2.05, 4.69) is 79.1 Å². The molecule has 0 saturated carbocycles. The average Bonchev–Trinajstić information content (AvgIpc) is 3.08. The molecule has 0 aliphatic carbocycles. The van der Waals surface area contributed by atoms with Gasteiger partial charge in [-0.05, 0) is 25.0 Å². The van der Waals surface area contributed by atoms with Crippen LogP contribution in [0.3, 0.4) is 0 Å². The van der Waals surface area contributed by atoms with Crippen molar-refractivity contribution in [3.63, 3.8) is 0 Å². The fourth-order valence-electron chi connectivity index (χ4n) is 4.38. The molecule has 2 saturated heterocycles. The smallest absolute Gasteiger partial charge is 0.352 e. The first kappa shape index (κ1) is 19.1. The van der Waals surface area contributed by atoms with Crippen molar-refractivity contribution in [3.05, 3.63) is 71.8 Å².